The van der Waals surface area contributed by atoms with Crippen molar-refractivity contribution in [1.29, 1.82) is 0 Å². The van der Waals surface area contributed by atoms with Crippen molar-refractivity contribution in [2.45, 2.75) is 19.8 Å². The minimum atomic E-state index is -0.841. The van der Waals surface area contributed by atoms with Crippen LogP contribution in [0, 0.1) is 12.8 Å². The zero-order valence-electron chi connectivity index (χ0n) is 10.8. The number of pyridine rings is 1. The number of carbonyl (C=O) groups excluding carboxylic acids is 1. The molecule has 1 aromatic heterocycles. The lowest BCUT2D eigenvalue weighted by Gasteiger charge is -2.30. The summed E-state index contributed by atoms with van der Waals surface area (Å²) in [6.07, 6.45) is 1.34. The molecule has 0 aromatic carbocycles. The average molecular weight is 263 g/mol. The predicted octanol–water partition coefficient (Wildman–Crippen LogP) is 1.72. The van der Waals surface area contributed by atoms with Crippen molar-refractivity contribution in [1.82, 2.24) is 9.88 Å². The summed E-state index contributed by atoms with van der Waals surface area (Å²) in [5, 5.41) is 11.7. The minimum absolute atomic E-state index is 0.257. The lowest BCUT2D eigenvalue weighted by Crippen LogP contribution is -2.44. The third kappa shape index (κ3) is 3.43. The highest BCUT2D eigenvalue weighted by Crippen LogP contribution is 2.17. The molecule has 19 heavy (non-hydrogen) atoms. The molecule has 1 saturated heterocycles. The van der Waals surface area contributed by atoms with E-state index in [2.05, 4.69) is 10.3 Å². The fourth-order valence-corrected chi connectivity index (χ4v) is 2.16. The van der Waals surface area contributed by atoms with E-state index in [-0.39, 0.29) is 12.6 Å². The van der Waals surface area contributed by atoms with Crippen molar-refractivity contribution in [3.05, 3.63) is 23.9 Å². The van der Waals surface area contributed by atoms with Crippen LogP contribution in [0.3, 0.4) is 0 Å². The number of hydrogen-bond donors (Lipinski definition) is 2. The van der Waals surface area contributed by atoms with Crippen molar-refractivity contribution in [2.24, 2.45) is 5.92 Å². The number of urea groups is 1. The SMILES string of the molecule is Cc1cccc(NC(=O)N2CCCC(C(=O)O)C2)n1. The van der Waals surface area contributed by atoms with Gasteiger partial charge in [-0.1, -0.05) is 6.07 Å². The first kappa shape index (κ1) is 13.3. The number of rotatable bonds is 2. The van der Waals surface area contributed by atoms with E-state index in [1.54, 1.807) is 6.07 Å². The zero-order chi connectivity index (χ0) is 13.8. The minimum Gasteiger partial charge on any atom is -0.481 e. The predicted molar refractivity (Wildman–Crippen MR) is 69.9 cm³/mol. The van der Waals surface area contributed by atoms with E-state index in [1.807, 2.05) is 19.1 Å². The van der Waals surface area contributed by atoms with Crippen molar-refractivity contribution in [2.75, 3.05) is 18.4 Å². The maximum Gasteiger partial charge on any atom is 0.323 e. The third-order valence-electron chi connectivity index (χ3n) is 3.18. The van der Waals surface area contributed by atoms with Crippen LogP contribution >= 0.6 is 0 Å². The van der Waals surface area contributed by atoms with E-state index in [1.165, 1.54) is 4.90 Å². The number of amides is 2. The summed E-state index contributed by atoms with van der Waals surface area (Å²) in [4.78, 5) is 28.7. The van der Waals surface area contributed by atoms with Crippen molar-refractivity contribution >= 4 is 17.8 Å². The number of carbonyl (C=O) groups is 2. The molecule has 0 radical (unpaired) electrons. The molecule has 2 N–H and O–H groups in total. The van der Waals surface area contributed by atoms with Gasteiger partial charge in [-0.05, 0) is 31.9 Å². The number of carboxylic acid groups (broad SMARTS) is 1. The van der Waals surface area contributed by atoms with Crippen LogP contribution in [0.4, 0.5) is 10.6 Å². The number of hydrogen-bond acceptors (Lipinski definition) is 3. The van der Waals surface area contributed by atoms with Gasteiger partial charge in [0.1, 0.15) is 5.82 Å². The van der Waals surface area contributed by atoms with Gasteiger partial charge in [-0.15, -0.1) is 0 Å². The smallest absolute Gasteiger partial charge is 0.323 e. The summed E-state index contributed by atoms with van der Waals surface area (Å²) in [5.41, 5.74) is 0.819. The fourth-order valence-electron chi connectivity index (χ4n) is 2.16. The van der Waals surface area contributed by atoms with E-state index >= 15 is 0 Å². The monoisotopic (exact) mass is 263 g/mol. The molecule has 0 bridgehead atoms. The second-order valence-electron chi connectivity index (χ2n) is 4.72. The largest absolute Gasteiger partial charge is 0.481 e. The van der Waals surface area contributed by atoms with Gasteiger partial charge in [-0.3, -0.25) is 10.1 Å². The summed E-state index contributed by atoms with van der Waals surface area (Å²) >= 11 is 0. The van der Waals surface area contributed by atoms with Gasteiger partial charge in [0, 0.05) is 18.8 Å². The Morgan fingerprint density at radius 3 is 2.95 bits per heavy atom. The van der Waals surface area contributed by atoms with Crippen molar-refractivity contribution in [3.63, 3.8) is 0 Å². The molecule has 1 unspecified atom stereocenters. The Balaban J connectivity index is 1.98. The number of anilines is 1. The van der Waals surface area contributed by atoms with Crippen LogP contribution in [0.1, 0.15) is 18.5 Å². The van der Waals surface area contributed by atoms with Gasteiger partial charge >= 0.3 is 12.0 Å². The Bertz CT molecular complexity index is 490. The van der Waals surface area contributed by atoms with E-state index in [0.29, 0.717) is 25.2 Å². The highest BCUT2D eigenvalue weighted by molar-refractivity contribution is 5.88. The van der Waals surface area contributed by atoms with Gasteiger partial charge in [-0.2, -0.15) is 0 Å². The highest BCUT2D eigenvalue weighted by atomic mass is 16.4. The van der Waals surface area contributed by atoms with Crippen LogP contribution in [0.5, 0.6) is 0 Å². The first-order valence-electron chi connectivity index (χ1n) is 6.28. The molecule has 1 atom stereocenters. The number of aryl methyl sites for hydroxylation is 1. The van der Waals surface area contributed by atoms with Crippen LogP contribution in [0.25, 0.3) is 0 Å². The molecule has 0 aliphatic carbocycles. The molecule has 6 heteroatoms. The van der Waals surface area contributed by atoms with E-state index in [4.69, 9.17) is 5.11 Å². The number of piperidine rings is 1. The molecule has 2 rings (SSSR count). The maximum absolute atomic E-state index is 12.0. The topological polar surface area (TPSA) is 82.5 Å². The number of nitrogens with zero attached hydrogens (tertiary/aromatic N) is 2. The second kappa shape index (κ2) is 5.69. The van der Waals surface area contributed by atoms with E-state index in [0.717, 1.165) is 5.69 Å². The molecule has 1 aliphatic heterocycles. The normalized spacial score (nSPS) is 19.0. The standard InChI is InChI=1S/C13H17N3O3/c1-9-4-2-6-11(14-9)15-13(19)16-7-3-5-10(8-16)12(17)18/h2,4,6,10H,3,5,7-8H2,1H3,(H,17,18)(H,14,15,19). The highest BCUT2D eigenvalue weighted by Gasteiger charge is 2.28. The zero-order valence-corrected chi connectivity index (χ0v) is 10.8. The average Bonchev–Trinajstić information content (AvgIpc) is 2.39. The number of nitrogens with one attached hydrogen (secondary N) is 1. The molecule has 2 heterocycles. The van der Waals surface area contributed by atoms with Gasteiger partial charge < -0.3 is 10.0 Å². The molecule has 1 aromatic rings. The van der Waals surface area contributed by atoms with Crippen LogP contribution in [-0.4, -0.2) is 40.1 Å². The number of likely N-dealkylation sites (tertiary alicyclic amines) is 1. The Morgan fingerprint density at radius 2 is 2.26 bits per heavy atom. The summed E-state index contributed by atoms with van der Waals surface area (Å²) < 4.78 is 0. The fraction of sp³-hybridized carbons (Fsp3) is 0.462. The molecule has 6 nitrogen and oxygen atoms in total. The van der Waals surface area contributed by atoms with Crippen LogP contribution < -0.4 is 5.32 Å². The van der Waals surface area contributed by atoms with E-state index < -0.39 is 11.9 Å². The Kier molecular flexibility index (Phi) is 3.99. The number of aliphatic carboxylic acids is 1. The van der Waals surface area contributed by atoms with Gasteiger partial charge in [0.15, 0.2) is 0 Å². The molecule has 0 saturated carbocycles. The summed E-state index contributed by atoms with van der Waals surface area (Å²) in [6.45, 7) is 2.69. The first-order chi connectivity index (χ1) is 9.06. The molecule has 0 spiro atoms. The molecular weight excluding hydrogens is 246 g/mol. The van der Waals surface area contributed by atoms with Gasteiger partial charge in [-0.25, -0.2) is 9.78 Å². The van der Waals surface area contributed by atoms with Gasteiger partial charge in [0.25, 0.3) is 0 Å². The van der Waals surface area contributed by atoms with Gasteiger partial charge in [0.05, 0.1) is 5.92 Å². The van der Waals surface area contributed by atoms with Crippen LogP contribution in [-0.2, 0) is 4.79 Å². The van der Waals surface area contributed by atoms with Crippen molar-refractivity contribution in [3.8, 4) is 0 Å². The van der Waals surface area contributed by atoms with Crippen LogP contribution in [0.2, 0.25) is 0 Å². The Labute approximate surface area is 111 Å². The molecule has 1 fully saturated rings. The second-order valence-corrected chi connectivity index (χ2v) is 4.72. The molecule has 1 aliphatic rings. The number of aromatic nitrogens is 1. The lowest BCUT2D eigenvalue weighted by molar-refractivity contribution is -0.143. The molecular formula is C13H17N3O3. The summed E-state index contributed by atoms with van der Waals surface area (Å²) in [5.74, 6) is -0.821. The van der Waals surface area contributed by atoms with E-state index in [9.17, 15) is 9.59 Å². The van der Waals surface area contributed by atoms with Crippen LogP contribution in [0.15, 0.2) is 18.2 Å². The first-order valence-corrected chi connectivity index (χ1v) is 6.28. The molecule has 102 valence electrons. The van der Waals surface area contributed by atoms with Gasteiger partial charge in [0.2, 0.25) is 0 Å². The molecule has 2 amide bonds. The Morgan fingerprint density at radius 1 is 1.47 bits per heavy atom. The third-order valence-corrected chi connectivity index (χ3v) is 3.18. The lowest BCUT2D eigenvalue weighted by atomic mass is 9.99. The number of carboxylic acids is 1. The van der Waals surface area contributed by atoms with Crippen molar-refractivity contribution < 1.29 is 14.7 Å². The Hall–Kier alpha value is -2.11. The maximum atomic E-state index is 12.0. The summed E-state index contributed by atoms with van der Waals surface area (Å²) in [6, 6.07) is 5.08. The summed E-state index contributed by atoms with van der Waals surface area (Å²) in [7, 11) is 0. The quantitative estimate of drug-likeness (QED) is 0.851.